The monoisotopic (exact) mass is 438 g/mol. The molecule has 1 N–H and O–H groups in total. The van der Waals surface area contributed by atoms with Crippen molar-refractivity contribution in [2.75, 3.05) is 18.0 Å². The Morgan fingerprint density at radius 1 is 0.879 bits per heavy atom. The van der Waals surface area contributed by atoms with Crippen molar-refractivity contribution in [3.05, 3.63) is 77.0 Å². The SMILES string of the molecule is O=C(N[C@H]1CCc2ccccc21)C1CCN(c2nc(-c3ccccc3)nc3c2CCC3)CC1. The summed E-state index contributed by atoms with van der Waals surface area (Å²) in [4.78, 5) is 25.4. The van der Waals surface area contributed by atoms with E-state index in [9.17, 15) is 4.79 Å². The van der Waals surface area contributed by atoms with Gasteiger partial charge in [0.15, 0.2) is 5.82 Å². The number of piperidine rings is 1. The topological polar surface area (TPSA) is 58.1 Å². The fourth-order valence-electron chi connectivity index (χ4n) is 5.74. The summed E-state index contributed by atoms with van der Waals surface area (Å²) >= 11 is 0. The lowest BCUT2D eigenvalue weighted by molar-refractivity contribution is -0.126. The fraction of sp³-hybridized carbons (Fsp3) is 0.393. The maximum absolute atomic E-state index is 13.1. The predicted molar refractivity (Wildman–Crippen MR) is 130 cm³/mol. The highest BCUT2D eigenvalue weighted by molar-refractivity contribution is 5.79. The lowest BCUT2D eigenvalue weighted by atomic mass is 9.94. The molecule has 2 heterocycles. The van der Waals surface area contributed by atoms with Gasteiger partial charge < -0.3 is 10.2 Å². The Morgan fingerprint density at radius 3 is 2.52 bits per heavy atom. The normalized spacial score (nSPS) is 19.9. The Morgan fingerprint density at radius 2 is 1.67 bits per heavy atom. The van der Waals surface area contributed by atoms with Gasteiger partial charge in [-0.15, -0.1) is 0 Å². The third-order valence-corrected chi connectivity index (χ3v) is 7.56. The number of rotatable bonds is 4. The van der Waals surface area contributed by atoms with E-state index in [2.05, 4.69) is 46.6 Å². The summed E-state index contributed by atoms with van der Waals surface area (Å²) in [5.41, 5.74) is 6.27. The minimum atomic E-state index is 0.0810. The van der Waals surface area contributed by atoms with Crippen LogP contribution in [0.1, 0.15) is 54.1 Å². The zero-order chi connectivity index (χ0) is 22.2. The summed E-state index contributed by atoms with van der Waals surface area (Å²) in [6.45, 7) is 1.74. The van der Waals surface area contributed by atoms with Crippen molar-refractivity contribution in [1.29, 1.82) is 0 Å². The van der Waals surface area contributed by atoms with E-state index in [1.807, 2.05) is 18.2 Å². The van der Waals surface area contributed by atoms with Crippen LogP contribution in [0.3, 0.4) is 0 Å². The second-order valence-electron chi connectivity index (χ2n) is 9.58. The molecule has 0 radical (unpaired) electrons. The van der Waals surface area contributed by atoms with Gasteiger partial charge in [0.2, 0.25) is 5.91 Å². The van der Waals surface area contributed by atoms with Gasteiger partial charge in [-0.2, -0.15) is 0 Å². The number of nitrogens with zero attached hydrogens (tertiary/aromatic N) is 3. The first kappa shape index (κ1) is 20.4. The number of nitrogens with one attached hydrogen (secondary N) is 1. The van der Waals surface area contributed by atoms with Gasteiger partial charge in [-0.1, -0.05) is 54.6 Å². The van der Waals surface area contributed by atoms with Crippen LogP contribution in [0, 0.1) is 5.92 Å². The number of amides is 1. The number of aromatic nitrogens is 2. The Hall–Kier alpha value is -3.21. The van der Waals surface area contributed by atoms with E-state index >= 15 is 0 Å². The third-order valence-electron chi connectivity index (χ3n) is 7.56. The van der Waals surface area contributed by atoms with Crippen LogP contribution in [0.2, 0.25) is 0 Å². The summed E-state index contributed by atoms with van der Waals surface area (Å²) in [5, 5.41) is 3.35. The van der Waals surface area contributed by atoms with Crippen LogP contribution in [0.15, 0.2) is 54.6 Å². The van der Waals surface area contributed by atoms with Gasteiger partial charge in [0, 0.05) is 35.8 Å². The van der Waals surface area contributed by atoms with Gasteiger partial charge in [-0.05, 0) is 56.1 Å². The first-order chi connectivity index (χ1) is 16.3. The van der Waals surface area contributed by atoms with Gasteiger partial charge in [0.1, 0.15) is 5.82 Å². The minimum absolute atomic E-state index is 0.0810. The van der Waals surface area contributed by atoms with Gasteiger partial charge in [0.05, 0.1) is 6.04 Å². The lowest BCUT2D eigenvalue weighted by Crippen LogP contribution is -2.42. The van der Waals surface area contributed by atoms with Crippen LogP contribution in [0.25, 0.3) is 11.4 Å². The summed E-state index contributed by atoms with van der Waals surface area (Å²) in [6, 6.07) is 19.0. The number of anilines is 1. The van der Waals surface area contributed by atoms with E-state index < -0.39 is 0 Å². The molecule has 1 saturated heterocycles. The Bertz CT molecular complexity index is 1170. The summed E-state index contributed by atoms with van der Waals surface area (Å²) in [5.74, 6) is 2.22. The molecule has 2 aliphatic carbocycles. The van der Waals surface area contributed by atoms with E-state index in [-0.39, 0.29) is 17.9 Å². The molecule has 5 heteroatoms. The molecule has 5 nitrogen and oxygen atoms in total. The van der Waals surface area contributed by atoms with Crippen LogP contribution < -0.4 is 10.2 Å². The van der Waals surface area contributed by atoms with Crippen molar-refractivity contribution in [3.63, 3.8) is 0 Å². The predicted octanol–water partition coefficient (Wildman–Crippen LogP) is 4.65. The van der Waals surface area contributed by atoms with Crippen LogP contribution in [-0.4, -0.2) is 29.0 Å². The molecule has 1 aromatic heterocycles. The first-order valence-electron chi connectivity index (χ1n) is 12.3. The fourth-order valence-corrected chi connectivity index (χ4v) is 5.74. The molecule has 33 heavy (non-hydrogen) atoms. The van der Waals surface area contributed by atoms with Crippen molar-refractivity contribution < 1.29 is 4.79 Å². The first-order valence-corrected chi connectivity index (χ1v) is 12.3. The lowest BCUT2D eigenvalue weighted by Gasteiger charge is -2.34. The Kier molecular flexibility index (Phi) is 5.33. The molecule has 1 atom stereocenters. The molecule has 3 aromatic rings. The zero-order valence-electron chi connectivity index (χ0n) is 19.0. The van der Waals surface area contributed by atoms with Crippen LogP contribution >= 0.6 is 0 Å². The highest BCUT2D eigenvalue weighted by Gasteiger charge is 2.31. The van der Waals surface area contributed by atoms with Gasteiger partial charge in [-0.3, -0.25) is 4.79 Å². The van der Waals surface area contributed by atoms with Crippen molar-refractivity contribution >= 4 is 11.7 Å². The average molecular weight is 439 g/mol. The van der Waals surface area contributed by atoms with Gasteiger partial charge in [-0.25, -0.2) is 9.97 Å². The van der Waals surface area contributed by atoms with E-state index in [0.717, 1.165) is 75.2 Å². The molecular weight excluding hydrogens is 408 g/mol. The molecule has 168 valence electrons. The number of carbonyl (C=O) groups is 1. The Labute approximate surface area is 195 Å². The van der Waals surface area contributed by atoms with E-state index in [4.69, 9.17) is 9.97 Å². The standard InChI is InChI=1S/C28H30N4O/c33-28(30-25-14-13-19-7-4-5-10-22(19)25)21-15-17-32(18-16-21)27-23-11-6-12-24(23)29-26(31-27)20-8-2-1-3-9-20/h1-5,7-10,21,25H,6,11-18H2,(H,30,33)/t25-/m0/s1. The number of fused-ring (bicyclic) bond motifs is 2. The summed E-state index contributed by atoms with van der Waals surface area (Å²) in [6.07, 6.45) is 7.06. The quantitative estimate of drug-likeness (QED) is 0.644. The van der Waals surface area contributed by atoms with Crippen molar-refractivity contribution in [2.24, 2.45) is 5.92 Å². The molecule has 0 saturated carbocycles. The number of hydrogen-bond donors (Lipinski definition) is 1. The molecule has 0 unspecified atom stereocenters. The second kappa shape index (κ2) is 8.62. The second-order valence-corrected chi connectivity index (χ2v) is 9.58. The van der Waals surface area contributed by atoms with Gasteiger partial charge in [0.25, 0.3) is 0 Å². The Balaban J connectivity index is 1.16. The highest BCUT2D eigenvalue weighted by Crippen LogP contribution is 2.34. The molecule has 6 rings (SSSR count). The maximum atomic E-state index is 13.1. The smallest absolute Gasteiger partial charge is 0.223 e. The van der Waals surface area contributed by atoms with Gasteiger partial charge >= 0.3 is 0 Å². The van der Waals surface area contributed by atoms with E-state index in [1.54, 1.807) is 0 Å². The highest BCUT2D eigenvalue weighted by atomic mass is 16.2. The average Bonchev–Trinajstić information content (AvgIpc) is 3.51. The molecule has 3 aliphatic rings. The number of carbonyl (C=O) groups excluding carboxylic acids is 1. The van der Waals surface area contributed by atoms with Crippen LogP contribution in [-0.2, 0) is 24.1 Å². The summed E-state index contributed by atoms with van der Waals surface area (Å²) in [7, 11) is 0. The number of aryl methyl sites for hydroxylation is 2. The third kappa shape index (κ3) is 3.90. The van der Waals surface area contributed by atoms with Crippen molar-refractivity contribution in [3.8, 4) is 11.4 Å². The molecule has 0 spiro atoms. The molecule has 0 bridgehead atoms. The summed E-state index contributed by atoms with van der Waals surface area (Å²) < 4.78 is 0. The molecule has 1 fully saturated rings. The largest absolute Gasteiger partial charge is 0.356 e. The molecule has 1 amide bonds. The van der Waals surface area contributed by atoms with Crippen LogP contribution in [0.4, 0.5) is 5.82 Å². The number of benzene rings is 2. The molecular formula is C28H30N4O. The number of hydrogen-bond acceptors (Lipinski definition) is 4. The van der Waals surface area contributed by atoms with Crippen molar-refractivity contribution in [1.82, 2.24) is 15.3 Å². The van der Waals surface area contributed by atoms with E-state index in [1.165, 1.54) is 22.4 Å². The van der Waals surface area contributed by atoms with Crippen molar-refractivity contribution in [2.45, 2.75) is 51.0 Å². The maximum Gasteiger partial charge on any atom is 0.223 e. The molecule has 2 aromatic carbocycles. The van der Waals surface area contributed by atoms with Crippen LogP contribution in [0.5, 0.6) is 0 Å². The zero-order valence-corrected chi connectivity index (χ0v) is 19.0. The molecule has 1 aliphatic heterocycles. The van der Waals surface area contributed by atoms with E-state index in [0.29, 0.717) is 0 Å². The minimum Gasteiger partial charge on any atom is -0.356 e.